The van der Waals surface area contributed by atoms with Crippen molar-refractivity contribution < 1.29 is 13.2 Å². The zero-order valence-corrected chi connectivity index (χ0v) is 18.7. The second-order valence-corrected chi connectivity index (χ2v) is 10.5. The molecule has 1 atom stereocenters. The Morgan fingerprint density at radius 3 is 2.38 bits per heavy atom. The van der Waals surface area contributed by atoms with E-state index in [1.54, 1.807) is 18.4 Å². The Hall–Kier alpha value is -1.48. The lowest BCUT2D eigenvalue weighted by molar-refractivity contribution is -0.129. The van der Waals surface area contributed by atoms with Crippen LogP contribution in [0.3, 0.4) is 0 Å². The molecular formula is C21H34N4O3S. The molecule has 3 rings (SSSR count). The van der Waals surface area contributed by atoms with Crippen LogP contribution in [0.15, 0.2) is 24.3 Å². The number of carbonyl (C=O) groups excluding carboxylic acids is 1. The Morgan fingerprint density at radius 1 is 1.10 bits per heavy atom. The number of benzene rings is 1. The lowest BCUT2D eigenvalue weighted by Gasteiger charge is -2.32. The topological polar surface area (TPSA) is 64.2 Å². The lowest BCUT2D eigenvalue weighted by Crippen LogP contribution is -2.50. The van der Waals surface area contributed by atoms with Crippen molar-refractivity contribution in [3.63, 3.8) is 0 Å². The maximum atomic E-state index is 13.0. The molecule has 0 N–H and O–H groups in total. The van der Waals surface area contributed by atoms with E-state index in [1.807, 2.05) is 36.1 Å². The molecule has 0 aromatic heterocycles. The fourth-order valence-corrected chi connectivity index (χ4v) is 5.42. The van der Waals surface area contributed by atoms with Crippen LogP contribution >= 0.6 is 0 Å². The summed E-state index contributed by atoms with van der Waals surface area (Å²) < 4.78 is 28.8. The van der Waals surface area contributed by atoms with Crippen molar-refractivity contribution >= 4 is 16.1 Å². The van der Waals surface area contributed by atoms with E-state index < -0.39 is 10.2 Å². The first-order valence-corrected chi connectivity index (χ1v) is 11.9. The number of hydrogen-bond acceptors (Lipinski definition) is 4. The molecular weight excluding hydrogens is 388 g/mol. The number of likely N-dealkylation sites (tertiary alicyclic amines) is 2. The van der Waals surface area contributed by atoms with Gasteiger partial charge in [0.1, 0.15) is 0 Å². The van der Waals surface area contributed by atoms with Gasteiger partial charge in [-0.2, -0.15) is 17.0 Å². The smallest absolute Gasteiger partial charge is 0.281 e. The molecule has 0 saturated carbocycles. The molecule has 8 heteroatoms. The lowest BCUT2D eigenvalue weighted by atomic mass is 10.1. The highest BCUT2D eigenvalue weighted by molar-refractivity contribution is 7.86. The normalized spacial score (nSPS) is 20.9. The standard InChI is InChI=1S/C21H34N4O3S/c1-18-6-8-19(9-7-18)16-21(26)24-13-10-20(17-24)25(29(27,28)22(2)3)15-14-23-11-4-5-12-23/h6-9,20H,4-5,10-17H2,1-3H3. The minimum Gasteiger partial charge on any atom is -0.341 e. The van der Waals surface area contributed by atoms with Crippen molar-refractivity contribution in [3.8, 4) is 0 Å². The van der Waals surface area contributed by atoms with E-state index in [-0.39, 0.29) is 11.9 Å². The summed E-state index contributed by atoms with van der Waals surface area (Å²) >= 11 is 0. The molecule has 0 radical (unpaired) electrons. The first kappa shape index (κ1) is 22.2. The fourth-order valence-electron chi connectivity index (χ4n) is 4.14. The molecule has 7 nitrogen and oxygen atoms in total. The SMILES string of the molecule is Cc1ccc(CC(=O)N2CCC(N(CCN3CCCC3)S(=O)(=O)N(C)C)C2)cc1. The van der Waals surface area contributed by atoms with E-state index in [0.29, 0.717) is 32.5 Å². The van der Waals surface area contributed by atoms with Gasteiger partial charge in [0, 0.05) is 46.3 Å². The van der Waals surface area contributed by atoms with E-state index in [4.69, 9.17) is 0 Å². The van der Waals surface area contributed by atoms with Gasteiger partial charge in [-0.05, 0) is 44.8 Å². The quantitative estimate of drug-likeness (QED) is 0.634. The minimum atomic E-state index is -3.52. The summed E-state index contributed by atoms with van der Waals surface area (Å²) in [5.74, 6) is 0.0677. The first-order valence-electron chi connectivity index (χ1n) is 10.5. The van der Waals surface area contributed by atoms with E-state index >= 15 is 0 Å². The second-order valence-electron chi connectivity index (χ2n) is 8.39. The summed E-state index contributed by atoms with van der Waals surface area (Å²) in [5.41, 5.74) is 2.17. The van der Waals surface area contributed by atoms with Crippen LogP contribution in [0.5, 0.6) is 0 Å². The molecule has 1 aromatic carbocycles. The van der Waals surface area contributed by atoms with Crippen LogP contribution in [0.2, 0.25) is 0 Å². The molecule has 0 aliphatic carbocycles. The van der Waals surface area contributed by atoms with Crippen molar-refractivity contribution in [1.29, 1.82) is 0 Å². The van der Waals surface area contributed by atoms with Crippen molar-refractivity contribution in [2.24, 2.45) is 0 Å². The zero-order chi connectivity index (χ0) is 21.0. The van der Waals surface area contributed by atoms with Gasteiger partial charge in [0.05, 0.1) is 6.42 Å². The highest BCUT2D eigenvalue weighted by Crippen LogP contribution is 2.21. The predicted molar refractivity (Wildman–Crippen MR) is 115 cm³/mol. The number of carbonyl (C=O) groups is 1. The molecule has 1 unspecified atom stereocenters. The maximum Gasteiger partial charge on any atom is 0.281 e. The van der Waals surface area contributed by atoms with Crippen molar-refractivity contribution in [3.05, 3.63) is 35.4 Å². The van der Waals surface area contributed by atoms with Gasteiger partial charge in [0.15, 0.2) is 0 Å². The molecule has 0 spiro atoms. The molecule has 2 heterocycles. The monoisotopic (exact) mass is 422 g/mol. The van der Waals surface area contributed by atoms with Gasteiger partial charge < -0.3 is 9.80 Å². The Morgan fingerprint density at radius 2 is 1.76 bits per heavy atom. The summed E-state index contributed by atoms with van der Waals surface area (Å²) in [6.45, 7) is 6.42. The van der Waals surface area contributed by atoms with Crippen molar-refractivity contribution in [2.75, 3.05) is 53.4 Å². The van der Waals surface area contributed by atoms with Gasteiger partial charge in [0.25, 0.3) is 10.2 Å². The van der Waals surface area contributed by atoms with E-state index in [9.17, 15) is 13.2 Å². The van der Waals surface area contributed by atoms with Gasteiger partial charge in [-0.25, -0.2) is 0 Å². The highest BCUT2D eigenvalue weighted by Gasteiger charge is 2.37. The third-order valence-corrected chi connectivity index (χ3v) is 7.99. The summed E-state index contributed by atoms with van der Waals surface area (Å²) in [4.78, 5) is 16.9. The van der Waals surface area contributed by atoms with Crippen molar-refractivity contribution in [1.82, 2.24) is 18.4 Å². The largest absolute Gasteiger partial charge is 0.341 e. The Balaban J connectivity index is 1.64. The second kappa shape index (κ2) is 9.55. The molecule has 2 aliphatic heterocycles. The Kier molecular flexibility index (Phi) is 7.32. The van der Waals surface area contributed by atoms with E-state index in [0.717, 1.165) is 25.2 Å². The highest BCUT2D eigenvalue weighted by atomic mass is 32.2. The fraction of sp³-hybridized carbons (Fsp3) is 0.667. The molecule has 0 bridgehead atoms. The van der Waals surface area contributed by atoms with E-state index in [2.05, 4.69) is 4.90 Å². The molecule has 1 amide bonds. The summed E-state index contributed by atoms with van der Waals surface area (Å²) in [6, 6.07) is 7.84. The van der Waals surface area contributed by atoms with Crippen molar-refractivity contribution in [2.45, 2.75) is 38.6 Å². The maximum absolute atomic E-state index is 13.0. The van der Waals surface area contributed by atoms with Crippen LogP contribution in [-0.4, -0.2) is 92.1 Å². The molecule has 2 fully saturated rings. The van der Waals surface area contributed by atoms with Gasteiger partial charge >= 0.3 is 0 Å². The zero-order valence-electron chi connectivity index (χ0n) is 17.9. The van der Waals surface area contributed by atoms with Crippen LogP contribution < -0.4 is 0 Å². The van der Waals surface area contributed by atoms with Gasteiger partial charge in [0.2, 0.25) is 5.91 Å². The van der Waals surface area contributed by atoms with Crippen LogP contribution in [0.25, 0.3) is 0 Å². The molecule has 1 aromatic rings. The Labute approximate surface area is 175 Å². The van der Waals surface area contributed by atoms with Crippen LogP contribution in [0.4, 0.5) is 0 Å². The van der Waals surface area contributed by atoms with Gasteiger partial charge in [-0.3, -0.25) is 4.79 Å². The third-order valence-electron chi connectivity index (χ3n) is 5.99. The predicted octanol–water partition coefficient (Wildman–Crippen LogP) is 1.34. The van der Waals surface area contributed by atoms with Gasteiger partial charge in [-0.15, -0.1) is 0 Å². The minimum absolute atomic E-state index is 0.0677. The summed E-state index contributed by atoms with van der Waals surface area (Å²) in [5, 5.41) is 0. The number of hydrogen-bond donors (Lipinski definition) is 0. The van der Waals surface area contributed by atoms with Crippen LogP contribution in [0.1, 0.15) is 30.4 Å². The molecule has 2 aliphatic rings. The van der Waals surface area contributed by atoms with Crippen LogP contribution in [0, 0.1) is 6.92 Å². The average molecular weight is 423 g/mol. The average Bonchev–Trinajstić information content (AvgIpc) is 3.36. The third kappa shape index (κ3) is 5.57. The number of rotatable bonds is 8. The number of aryl methyl sites for hydroxylation is 1. The summed E-state index contributed by atoms with van der Waals surface area (Å²) in [6.07, 6.45) is 3.42. The summed E-state index contributed by atoms with van der Waals surface area (Å²) in [7, 11) is -0.371. The molecule has 2 saturated heterocycles. The molecule has 29 heavy (non-hydrogen) atoms. The number of nitrogens with zero attached hydrogens (tertiary/aromatic N) is 4. The van der Waals surface area contributed by atoms with Crippen LogP contribution in [-0.2, 0) is 21.4 Å². The molecule has 162 valence electrons. The number of amides is 1. The first-order chi connectivity index (χ1) is 13.8. The van der Waals surface area contributed by atoms with Gasteiger partial charge in [-0.1, -0.05) is 29.8 Å². The van der Waals surface area contributed by atoms with E-state index in [1.165, 1.54) is 22.7 Å². The Bertz CT molecular complexity index is 789.